The number of imidazole rings is 1. The quantitative estimate of drug-likeness (QED) is 0.729. The van der Waals surface area contributed by atoms with Gasteiger partial charge in [0.25, 0.3) is 0 Å². The van der Waals surface area contributed by atoms with Crippen molar-refractivity contribution in [2.45, 2.75) is 44.1 Å². The van der Waals surface area contributed by atoms with Crippen molar-refractivity contribution in [3.8, 4) is 0 Å². The second kappa shape index (κ2) is 7.26. The van der Waals surface area contributed by atoms with Crippen LogP contribution in [0.2, 0.25) is 0 Å². The Kier molecular flexibility index (Phi) is 4.47. The minimum absolute atomic E-state index is 0.0338. The molecule has 1 atom stereocenters. The highest BCUT2D eigenvalue weighted by molar-refractivity contribution is 5.89. The monoisotopic (exact) mass is 375 g/mol. The summed E-state index contributed by atoms with van der Waals surface area (Å²) in [7, 11) is 0. The zero-order chi connectivity index (χ0) is 18.9. The normalized spacial score (nSPS) is 20.1. The molecular formula is C22H25N5O. The topological polar surface area (TPSA) is 63.1 Å². The third-order valence-corrected chi connectivity index (χ3v) is 6.04. The predicted molar refractivity (Wildman–Crippen MR) is 109 cm³/mol. The molecule has 6 nitrogen and oxygen atoms in total. The van der Waals surface area contributed by atoms with Gasteiger partial charge in [-0.1, -0.05) is 31.0 Å². The van der Waals surface area contributed by atoms with Crippen LogP contribution in [0.1, 0.15) is 49.9 Å². The van der Waals surface area contributed by atoms with E-state index < -0.39 is 0 Å². The number of aromatic nitrogens is 3. The summed E-state index contributed by atoms with van der Waals surface area (Å²) in [4.78, 5) is 24.2. The van der Waals surface area contributed by atoms with Crippen LogP contribution in [0.3, 0.4) is 0 Å². The van der Waals surface area contributed by atoms with Crippen molar-refractivity contribution >= 4 is 22.9 Å². The molecule has 5 rings (SSSR count). The number of pyridine rings is 1. The molecule has 2 aliphatic rings. The highest BCUT2D eigenvalue weighted by Crippen LogP contribution is 2.38. The molecule has 1 N–H and O–H groups in total. The van der Waals surface area contributed by atoms with Crippen molar-refractivity contribution in [3.05, 3.63) is 54.5 Å². The van der Waals surface area contributed by atoms with Gasteiger partial charge in [-0.15, -0.1) is 0 Å². The molecule has 1 aliphatic heterocycles. The predicted octanol–water partition coefficient (Wildman–Crippen LogP) is 4.57. The Morgan fingerprint density at radius 3 is 2.68 bits per heavy atom. The van der Waals surface area contributed by atoms with Crippen molar-refractivity contribution in [2.75, 3.05) is 18.4 Å². The third kappa shape index (κ3) is 3.13. The molecule has 1 aromatic carbocycles. The maximum absolute atomic E-state index is 12.7. The van der Waals surface area contributed by atoms with Crippen LogP contribution in [0.15, 0.2) is 48.7 Å². The maximum Gasteiger partial charge on any atom is 0.321 e. The van der Waals surface area contributed by atoms with Crippen LogP contribution in [0.25, 0.3) is 11.2 Å². The lowest BCUT2D eigenvalue weighted by Crippen LogP contribution is -2.33. The molecule has 0 radical (unpaired) electrons. The number of carbonyl (C=O) groups excluding carboxylic acids is 1. The number of nitrogens with one attached hydrogen (secondary N) is 1. The first-order valence-electron chi connectivity index (χ1n) is 10.2. The third-order valence-electron chi connectivity index (χ3n) is 6.04. The van der Waals surface area contributed by atoms with Gasteiger partial charge in [0.15, 0.2) is 5.65 Å². The van der Waals surface area contributed by atoms with Crippen LogP contribution in [-0.2, 0) is 0 Å². The zero-order valence-corrected chi connectivity index (χ0v) is 15.9. The fraction of sp³-hybridized carbons (Fsp3) is 0.409. The van der Waals surface area contributed by atoms with Gasteiger partial charge < -0.3 is 14.8 Å². The lowest BCUT2D eigenvalue weighted by molar-refractivity contribution is 0.221. The minimum atomic E-state index is -0.0338. The number of hydrogen-bond donors (Lipinski definition) is 1. The zero-order valence-electron chi connectivity index (χ0n) is 15.9. The van der Waals surface area contributed by atoms with Gasteiger partial charge in [-0.3, -0.25) is 0 Å². The number of benzene rings is 1. The van der Waals surface area contributed by atoms with E-state index in [0.29, 0.717) is 12.5 Å². The van der Waals surface area contributed by atoms with Crippen LogP contribution in [0.5, 0.6) is 0 Å². The van der Waals surface area contributed by atoms with Gasteiger partial charge in [-0.2, -0.15) is 0 Å². The molecule has 144 valence electrons. The molecule has 3 heterocycles. The number of carbonyl (C=O) groups is 1. The van der Waals surface area contributed by atoms with E-state index >= 15 is 0 Å². The Bertz CT molecular complexity index is 977. The van der Waals surface area contributed by atoms with Gasteiger partial charge in [0.05, 0.1) is 6.04 Å². The van der Waals surface area contributed by atoms with Crippen LogP contribution in [-0.4, -0.2) is 38.6 Å². The van der Waals surface area contributed by atoms with Gasteiger partial charge in [-0.05, 0) is 43.5 Å². The first-order chi connectivity index (χ1) is 13.8. The van der Waals surface area contributed by atoms with E-state index in [2.05, 4.69) is 14.9 Å². The fourth-order valence-electron chi connectivity index (χ4n) is 4.64. The number of amides is 2. The smallest absolute Gasteiger partial charge is 0.321 e. The Balaban J connectivity index is 1.40. The molecule has 2 fully saturated rings. The highest BCUT2D eigenvalue weighted by Gasteiger charge is 2.33. The summed E-state index contributed by atoms with van der Waals surface area (Å²) in [5, 5.41) is 3.00. The highest BCUT2D eigenvalue weighted by atomic mass is 16.2. The molecule has 1 aliphatic carbocycles. The molecule has 3 aromatic rings. The van der Waals surface area contributed by atoms with E-state index in [0.717, 1.165) is 29.8 Å². The molecule has 0 spiro atoms. The van der Waals surface area contributed by atoms with Gasteiger partial charge in [0.2, 0.25) is 0 Å². The van der Waals surface area contributed by atoms with E-state index in [4.69, 9.17) is 4.98 Å². The largest absolute Gasteiger partial charge is 0.322 e. The van der Waals surface area contributed by atoms with Gasteiger partial charge >= 0.3 is 6.03 Å². The minimum Gasteiger partial charge on any atom is -0.322 e. The Hall–Kier alpha value is -2.89. The summed E-state index contributed by atoms with van der Waals surface area (Å²) in [5.41, 5.74) is 2.76. The van der Waals surface area contributed by atoms with Gasteiger partial charge in [0.1, 0.15) is 11.3 Å². The average Bonchev–Trinajstić information content (AvgIpc) is 3.46. The number of hydrogen-bond acceptors (Lipinski definition) is 3. The summed E-state index contributed by atoms with van der Waals surface area (Å²) in [6, 6.07) is 13.8. The molecular weight excluding hydrogens is 350 g/mol. The Morgan fingerprint density at radius 1 is 1.04 bits per heavy atom. The number of likely N-dealkylation sites (tertiary alicyclic amines) is 1. The average molecular weight is 375 g/mol. The first-order valence-corrected chi connectivity index (χ1v) is 10.2. The Labute approximate surface area is 164 Å². The molecule has 2 amide bonds. The lowest BCUT2D eigenvalue weighted by Gasteiger charge is -2.21. The van der Waals surface area contributed by atoms with E-state index in [-0.39, 0.29) is 12.1 Å². The second-order valence-corrected chi connectivity index (χ2v) is 7.85. The fourth-order valence-corrected chi connectivity index (χ4v) is 4.64. The summed E-state index contributed by atoms with van der Waals surface area (Å²) < 4.78 is 2.33. The number of fused-ring (bicyclic) bond motifs is 1. The van der Waals surface area contributed by atoms with Crippen molar-refractivity contribution in [1.82, 2.24) is 19.4 Å². The summed E-state index contributed by atoms with van der Waals surface area (Å²) in [5.74, 6) is 1.68. The van der Waals surface area contributed by atoms with E-state index in [9.17, 15) is 4.79 Å². The maximum atomic E-state index is 12.7. The lowest BCUT2D eigenvalue weighted by atomic mass is 10.1. The number of urea groups is 1. The first kappa shape index (κ1) is 17.2. The molecule has 2 aromatic heterocycles. The van der Waals surface area contributed by atoms with Crippen molar-refractivity contribution < 1.29 is 4.79 Å². The molecule has 0 unspecified atom stereocenters. The van der Waals surface area contributed by atoms with Crippen molar-refractivity contribution in [3.63, 3.8) is 0 Å². The number of anilines is 1. The van der Waals surface area contributed by atoms with Crippen LogP contribution < -0.4 is 5.32 Å². The molecule has 28 heavy (non-hydrogen) atoms. The summed E-state index contributed by atoms with van der Waals surface area (Å²) >= 11 is 0. The molecule has 0 bridgehead atoms. The Morgan fingerprint density at radius 2 is 1.86 bits per heavy atom. The van der Waals surface area contributed by atoms with Crippen LogP contribution in [0.4, 0.5) is 10.5 Å². The second-order valence-electron chi connectivity index (χ2n) is 7.85. The number of nitrogens with zero attached hydrogens (tertiary/aromatic N) is 4. The molecule has 1 saturated heterocycles. The van der Waals surface area contributed by atoms with E-state index in [1.807, 2.05) is 53.6 Å². The standard InChI is InChI=1S/C22H25N5O/c28-22(24-17-9-2-1-3-10-17)26-14-12-18(15-26)27-20(16-7-4-5-8-16)25-19-11-6-13-23-21(19)27/h1-3,6,9-11,13,16,18H,4-5,7-8,12,14-15H2,(H,24,28)/t18-/m0/s1. The van der Waals surface area contributed by atoms with Gasteiger partial charge in [-0.25, -0.2) is 14.8 Å². The SMILES string of the molecule is O=C(Nc1ccccc1)N1CC[C@H](n2c(C3CCCC3)nc3cccnc32)C1. The molecule has 1 saturated carbocycles. The van der Waals surface area contributed by atoms with Crippen molar-refractivity contribution in [1.29, 1.82) is 0 Å². The van der Waals surface area contributed by atoms with Crippen LogP contribution >= 0.6 is 0 Å². The van der Waals surface area contributed by atoms with Crippen LogP contribution in [0, 0.1) is 0 Å². The van der Waals surface area contributed by atoms with Crippen molar-refractivity contribution in [2.24, 2.45) is 0 Å². The summed E-state index contributed by atoms with van der Waals surface area (Å²) in [6.45, 7) is 1.44. The number of para-hydroxylation sites is 1. The number of rotatable bonds is 3. The van der Waals surface area contributed by atoms with E-state index in [1.54, 1.807) is 0 Å². The molecule has 6 heteroatoms. The summed E-state index contributed by atoms with van der Waals surface area (Å²) in [6.07, 6.45) is 7.73. The van der Waals surface area contributed by atoms with E-state index in [1.165, 1.54) is 31.5 Å². The van der Waals surface area contributed by atoms with Gasteiger partial charge in [0, 0.05) is 30.9 Å².